The number of hydrogen-bond donors (Lipinski definition) is 1. The summed E-state index contributed by atoms with van der Waals surface area (Å²) in [5.41, 5.74) is 2.16. The van der Waals surface area contributed by atoms with Gasteiger partial charge in [0.05, 0.1) is 5.69 Å². The molecule has 4 heterocycles. The largest absolute Gasteiger partial charge is 0.364 e. The monoisotopic (exact) mass is 539 g/mol. The molecule has 2 aromatic heterocycles. The first-order valence-corrected chi connectivity index (χ1v) is 11.0. The minimum absolute atomic E-state index is 0. The maximum absolute atomic E-state index is 4.93. The Morgan fingerprint density at radius 2 is 1.90 bits per heavy atom. The summed E-state index contributed by atoms with van der Waals surface area (Å²) in [6.45, 7) is 9.99. The number of nitrogens with one attached hydrogen (secondary N) is 1. The maximum atomic E-state index is 4.93. The van der Waals surface area contributed by atoms with Crippen molar-refractivity contribution in [1.82, 2.24) is 25.3 Å². The number of guanidine groups is 1. The lowest BCUT2D eigenvalue weighted by Gasteiger charge is -2.36. The van der Waals surface area contributed by atoms with Crippen molar-refractivity contribution in [1.29, 1.82) is 0 Å². The number of piperazine rings is 1. The van der Waals surface area contributed by atoms with Gasteiger partial charge in [-0.1, -0.05) is 18.1 Å². The molecule has 0 atom stereocenters. The van der Waals surface area contributed by atoms with Gasteiger partial charge in [0.1, 0.15) is 12.1 Å². The van der Waals surface area contributed by atoms with Crippen LogP contribution in [0, 0.1) is 5.92 Å². The third-order valence-electron chi connectivity index (χ3n) is 6.13. The highest BCUT2D eigenvalue weighted by molar-refractivity contribution is 14.0. The van der Waals surface area contributed by atoms with Crippen molar-refractivity contribution < 1.29 is 4.52 Å². The van der Waals surface area contributed by atoms with Crippen LogP contribution in [0.1, 0.15) is 31.0 Å². The highest BCUT2D eigenvalue weighted by Crippen LogP contribution is 2.21. The van der Waals surface area contributed by atoms with E-state index in [1.54, 1.807) is 6.26 Å². The highest BCUT2D eigenvalue weighted by atomic mass is 127. The SMILES string of the molecule is CN=C(NCc1ccc(N2CCC(C)CC2)nc1)N1CCN(Cc2ccon2)CC1.I. The Morgan fingerprint density at radius 3 is 2.52 bits per heavy atom. The Morgan fingerprint density at radius 1 is 1.13 bits per heavy atom. The molecular weight excluding hydrogens is 505 g/mol. The zero-order valence-corrected chi connectivity index (χ0v) is 20.9. The molecule has 2 fully saturated rings. The second-order valence-corrected chi connectivity index (χ2v) is 8.35. The molecule has 0 radical (unpaired) electrons. The maximum Gasteiger partial charge on any atom is 0.194 e. The number of piperidine rings is 1. The summed E-state index contributed by atoms with van der Waals surface area (Å²) in [7, 11) is 1.85. The van der Waals surface area contributed by atoms with E-state index in [0.29, 0.717) is 0 Å². The Bertz CT molecular complexity index is 796. The fourth-order valence-electron chi connectivity index (χ4n) is 4.13. The Balaban J connectivity index is 0.00000272. The van der Waals surface area contributed by atoms with Crippen LogP contribution in [0.4, 0.5) is 5.82 Å². The van der Waals surface area contributed by atoms with Gasteiger partial charge in [-0.2, -0.15) is 0 Å². The van der Waals surface area contributed by atoms with Crippen molar-refractivity contribution in [3.8, 4) is 0 Å². The molecule has 0 unspecified atom stereocenters. The highest BCUT2D eigenvalue weighted by Gasteiger charge is 2.20. The second-order valence-electron chi connectivity index (χ2n) is 8.35. The molecule has 1 N–H and O–H groups in total. The van der Waals surface area contributed by atoms with Gasteiger partial charge in [-0.05, 0) is 30.4 Å². The normalized spacial score (nSPS) is 18.7. The zero-order chi connectivity index (χ0) is 20.8. The van der Waals surface area contributed by atoms with E-state index in [2.05, 4.69) is 49.2 Å². The van der Waals surface area contributed by atoms with Crippen LogP contribution >= 0.6 is 24.0 Å². The summed E-state index contributed by atoms with van der Waals surface area (Å²) in [6, 6.07) is 6.26. The van der Waals surface area contributed by atoms with Crippen LogP contribution in [0.15, 0.2) is 40.2 Å². The van der Waals surface area contributed by atoms with Crippen LogP contribution in [0.3, 0.4) is 0 Å². The Hall–Kier alpha value is -1.88. The van der Waals surface area contributed by atoms with Gasteiger partial charge in [0.25, 0.3) is 0 Å². The van der Waals surface area contributed by atoms with Crippen molar-refractivity contribution in [2.45, 2.75) is 32.9 Å². The number of aromatic nitrogens is 2. The average Bonchev–Trinajstić information content (AvgIpc) is 3.29. The Labute approximate surface area is 202 Å². The van der Waals surface area contributed by atoms with Gasteiger partial charge in [0, 0.05) is 71.7 Å². The second kappa shape index (κ2) is 11.7. The van der Waals surface area contributed by atoms with Crippen LogP contribution in [-0.4, -0.2) is 72.2 Å². The van der Waals surface area contributed by atoms with E-state index < -0.39 is 0 Å². The molecule has 0 bridgehead atoms. The van der Waals surface area contributed by atoms with E-state index in [4.69, 9.17) is 9.51 Å². The molecule has 9 heteroatoms. The third kappa shape index (κ3) is 6.55. The molecule has 31 heavy (non-hydrogen) atoms. The van der Waals surface area contributed by atoms with Crippen molar-refractivity contribution in [2.75, 3.05) is 51.2 Å². The number of nitrogens with zero attached hydrogens (tertiary/aromatic N) is 6. The van der Waals surface area contributed by atoms with Crippen LogP contribution < -0.4 is 10.2 Å². The molecule has 8 nitrogen and oxygen atoms in total. The van der Waals surface area contributed by atoms with Crippen LogP contribution in [0.5, 0.6) is 0 Å². The van der Waals surface area contributed by atoms with Crippen molar-refractivity contribution in [2.24, 2.45) is 10.9 Å². The number of anilines is 1. The minimum atomic E-state index is 0. The molecule has 0 aliphatic carbocycles. The Kier molecular flexibility index (Phi) is 8.94. The number of hydrogen-bond acceptors (Lipinski definition) is 6. The van der Waals surface area contributed by atoms with Gasteiger partial charge in [-0.3, -0.25) is 9.89 Å². The predicted molar refractivity (Wildman–Crippen MR) is 134 cm³/mol. The third-order valence-corrected chi connectivity index (χ3v) is 6.13. The quantitative estimate of drug-likeness (QED) is 0.356. The van der Waals surface area contributed by atoms with E-state index in [0.717, 1.165) is 75.7 Å². The number of aliphatic imine (C=N–C) groups is 1. The molecule has 2 aliphatic rings. The van der Waals surface area contributed by atoms with Gasteiger partial charge in [0.2, 0.25) is 0 Å². The summed E-state index contributed by atoms with van der Waals surface area (Å²) in [6.07, 6.45) is 6.13. The smallest absolute Gasteiger partial charge is 0.194 e. The molecule has 2 aromatic rings. The van der Waals surface area contributed by atoms with Crippen molar-refractivity contribution in [3.05, 3.63) is 41.9 Å². The number of rotatable bonds is 5. The van der Waals surface area contributed by atoms with Gasteiger partial charge >= 0.3 is 0 Å². The van der Waals surface area contributed by atoms with E-state index >= 15 is 0 Å². The van der Waals surface area contributed by atoms with Gasteiger partial charge in [0.15, 0.2) is 5.96 Å². The predicted octanol–water partition coefficient (Wildman–Crippen LogP) is 2.82. The minimum Gasteiger partial charge on any atom is -0.364 e. The number of halogens is 1. The van der Waals surface area contributed by atoms with Crippen LogP contribution in [-0.2, 0) is 13.1 Å². The molecular formula is C22H34IN7O. The summed E-state index contributed by atoms with van der Waals surface area (Å²) >= 11 is 0. The first-order chi connectivity index (χ1) is 14.7. The lowest BCUT2D eigenvalue weighted by molar-refractivity contribution is 0.169. The van der Waals surface area contributed by atoms with E-state index in [-0.39, 0.29) is 24.0 Å². The topological polar surface area (TPSA) is 73.0 Å². The van der Waals surface area contributed by atoms with E-state index in [9.17, 15) is 0 Å². The first-order valence-electron chi connectivity index (χ1n) is 11.0. The lowest BCUT2D eigenvalue weighted by atomic mass is 9.99. The lowest BCUT2D eigenvalue weighted by Crippen LogP contribution is -2.52. The van der Waals surface area contributed by atoms with Crippen LogP contribution in [0.25, 0.3) is 0 Å². The molecule has 4 rings (SSSR count). The van der Waals surface area contributed by atoms with Gasteiger partial charge in [-0.15, -0.1) is 24.0 Å². The summed E-state index contributed by atoms with van der Waals surface area (Å²) in [5, 5.41) is 7.50. The fraction of sp³-hybridized carbons (Fsp3) is 0.591. The summed E-state index contributed by atoms with van der Waals surface area (Å²) in [5.74, 6) is 2.88. The zero-order valence-electron chi connectivity index (χ0n) is 18.5. The van der Waals surface area contributed by atoms with Crippen molar-refractivity contribution >= 4 is 35.8 Å². The van der Waals surface area contributed by atoms with Crippen LogP contribution in [0.2, 0.25) is 0 Å². The fourth-order valence-corrected chi connectivity index (χ4v) is 4.13. The van der Waals surface area contributed by atoms with Crippen molar-refractivity contribution in [3.63, 3.8) is 0 Å². The van der Waals surface area contributed by atoms with E-state index in [1.807, 2.05) is 19.3 Å². The molecule has 2 aliphatic heterocycles. The standard InChI is InChI=1S/C22H33N7O.HI/c1-18-5-8-28(9-6-18)21-4-3-19(15-24-21)16-25-22(23-2)29-12-10-27(11-13-29)17-20-7-14-30-26-20;/h3-4,7,14-15,18H,5-6,8-13,16-17H2,1-2H3,(H,23,25);1H. The molecule has 2 saturated heterocycles. The molecule has 0 amide bonds. The molecule has 0 saturated carbocycles. The summed E-state index contributed by atoms with van der Waals surface area (Å²) in [4.78, 5) is 16.3. The van der Waals surface area contributed by atoms with Gasteiger partial charge < -0.3 is 19.6 Å². The molecule has 170 valence electrons. The average molecular weight is 539 g/mol. The van der Waals surface area contributed by atoms with E-state index in [1.165, 1.54) is 18.4 Å². The number of pyridine rings is 1. The summed E-state index contributed by atoms with van der Waals surface area (Å²) < 4.78 is 4.93. The molecule has 0 spiro atoms. The molecule has 0 aromatic carbocycles. The first kappa shape index (κ1) is 23.8. The van der Waals surface area contributed by atoms with Gasteiger partial charge in [-0.25, -0.2) is 4.98 Å².